The summed E-state index contributed by atoms with van der Waals surface area (Å²) in [6.07, 6.45) is 0. The standard InChI is InChI=1S/C16H19NOS/c1-11(2)17-16(18)12(3)19-15-9-8-13-6-4-5-7-14(13)10-15/h4-12H,1-3H3,(H,17,18)/t12-/m1/s1. The van der Waals surface area contributed by atoms with E-state index in [1.165, 1.54) is 10.8 Å². The first-order chi connectivity index (χ1) is 9.06. The molecule has 0 aliphatic heterocycles. The summed E-state index contributed by atoms with van der Waals surface area (Å²) in [5.74, 6) is 0.0909. The Morgan fingerprint density at radius 2 is 1.74 bits per heavy atom. The topological polar surface area (TPSA) is 29.1 Å². The minimum atomic E-state index is -0.0800. The molecule has 2 nitrogen and oxygen atoms in total. The van der Waals surface area contributed by atoms with Gasteiger partial charge in [-0.1, -0.05) is 30.3 Å². The predicted molar refractivity (Wildman–Crippen MR) is 82.5 cm³/mol. The van der Waals surface area contributed by atoms with Crippen LogP contribution >= 0.6 is 11.8 Å². The number of hydrogen-bond donors (Lipinski definition) is 1. The first-order valence-electron chi connectivity index (χ1n) is 6.52. The number of carbonyl (C=O) groups excluding carboxylic acids is 1. The Labute approximate surface area is 118 Å². The Kier molecular flexibility index (Phi) is 4.48. The number of amides is 1. The van der Waals surface area contributed by atoms with Gasteiger partial charge in [0.2, 0.25) is 5.91 Å². The molecule has 0 bridgehead atoms. The van der Waals surface area contributed by atoms with E-state index in [-0.39, 0.29) is 17.2 Å². The van der Waals surface area contributed by atoms with E-state index in [4.69, 9.17) is 0 Å². The average molecular weight is 273 g/mol. The number of fused-ring (bicyclic) bond motifs is 1. The zero-order valence-electron chi connectivity index (χ0n) is 11.5. The first-order valence-corrected chi connectivity index (χ1v) is 7.40. The van der Waals surface area contributed by atoms with Crippen LogP contribution in [0.25, 0.3) is 10.8 Å². The molecule has 1 N–H and O–H groups in total. The van der Waals surface area contributed by atoms with E-state index in [0.717, 1.165) is 4.90 Å². The maximum absolute atomic E-state index is 11.9. The van der Waals surface area contributed by atoms with Crippen LogP contribution in [0.1, 0.15) is 20.8 Å². The van der Waals surface area contributed by atoms with Crippen molar-refractivity contribution < 1.29 is 4.79 Å². The summed E-state index contributed by atoms with van der Waals surface area (Å²) >= 11 is 1.60. The molecule has 0 heterocycles. The molecule has 0 saturated heterocycles. The van der Waals surface area contributed by atoms with Crippen molar-refractivity contribution in [3.05, 3.63) is 42.5 Å². The Bertz CT molecular complexity index is 580. The van der Waals surface area contributed by atoms with Crippen LogP contribution in [0.4, 0.5) is 0 Å². The molecule has 0 aromatic heterocycles. The van der Waals surface area contributed by atoms with Gasteiger partial charge in [0.25, 0.3) is 0 Å². The van der Waals surface area contributed by atoms with E-state index in [1.54, 1.807) is 11.8 Å². The second-order valence-corrected chi connectivity index (χ2v) is 6.35. The molecule has 0 fully saturated rings. The monoisotopic (exact) mass is 273 g/mol. The molecule has 2 rings (SSSR count). The molecule has 2 aromatic carbocycles. The second kappa shape index (κ2) is 6.11. The van der Waals surface area contributed by atoms with Gasteiger partial charge in [-0.3, -0.25) is 4.79 Å². The summed E-state index contributed by atoms with van der Waals surface area (Å²) in [6, 6.07) is 14.8. The zero-order chi connectivity index (χ0) is 13.8. The molecule has 0 unspecified atom stereocenters. The number of rotatable bonds is 4. The Hall–Kier alpha value is -1.48. The summed E-state index contributed by atoms with van der Waals surface area (Å²) < 4.78 is 0. The third kappa shape index (κ3) is 3.74. The second-order valence-electron chi connectivity index (χ2n) is 4.93. The van der Waals surface area contributed by atoms with Crippen LogP contribution in [0.15, 0.2) is 47.4 Å². The van der Waals surface area contributed by atoms with Gasteiger partial charge in [-0.25, -0.2) is 0 Å². The Morgan fingerprint density at radius 1 is 1.05 bits per heavy atom. The van der Waals surface area contributed by atoms with Crippen molar-refractivity contribution >= 4 is 28.4 Å². The lowest BCUT2D eigenvalue weighted by Crippen LogP contribution is -2.35. The van der Waals surface area contributed by atoms with Gasteiger partial charge in [-0.05, 0) is 43.7 Å². The van der Waals surface area contributed by atoms with Crippen molar-refractivity contribution in [2.24, 2.45) is 0 Å². The van der Waals surface area contributed by atoms with Crippen molar-refractivity contribution in [2.45, 2.75) is 37.0 Å². The summed E-state index contributed by atoms with van der Waals surface area (Å²) in [5, 5.41) is 5.30. The van der Waals surface area contributed by atoms with Crippen molar-refractivity contribution in [1.29, 1.82) is 0 Å². The lowest BCUT2D eigenvalue weighted by atomic mass is 10.1. The van der Waals surface area contributed by atoms with Gasteiger partial charge in [0, 0.05) is 10.9 Å². The number of benzene rings is 2. The van der Waals surface area contributed by atoms with Gasteiger partial charge in [0.05, 0.1) is 5.25 Å². The quantitative estimate of drug-likeness (QED) is 0.857. The van der Waals surface area contributed by atoms with E-state index >= 15 is 0 Å². The van der Waals surface area contributed by atoms with Gasteiger partial charge in [0.1, 0.15) is 0 Å². The molecule has 0 aliphatic rings. The van der Waals surface area contributed by atoms with Crippen molar-refractivity contribution in [3.63, 3.8) is 0 Å². The Balaban J connectivity index is 2.10. The van der Waals surface area contributed by atoms with Crippen LogP contribution in [0.5, 0.6) is 0 Å². The van der Waals surface area contributed by atoms with Crippen LogP contribution in [-0.4, -0.2) is 17.2 Å². The Morgan fingerprint density at radius 3 is 2.42 bits per heavy atom. The normalized spacial score (nSPS) is 12.6. The van der Waals surface area contributed by atoms with Crippen LogP contribution in [-0.2, 0) is 4.79 Å². The van der Waals surface area contributed by atoms with Gasteiger partial charge < -0.3 is 5.32 Å². The van der Waals surface area contributed by atoms with Gasteiger partial charge in [-0.15, -0.1) is 11.8 Å². The molecule has 100 valence electrons. The molecule has 0 aliphatic carbocycles. The van der Waals surface area contributed by atoms with Crippen molar-refractivity contribution in [3.8, 4) is 0 Å². The largest absolute Gasteiger partial charge is 0.353 e. The fourth-order valence-electron chi connectivity index (χ4n) is 1.90. The highest BCUT2D eigenvalue weighted by Crippen LogP contribution is 2.27. The molecule has 3 heteroatoms. The molecular weight excluding hydrogens is 254 g/mol. The van der Waals surface area contributed by atoms with Gasteiger partial charge in [-0.2, -0.15) is 0 Å². The predicted octanol–water partition coefficient (Wildman–Crippen LogP) is 3.85. The molecule has 0 saturated carbocycles. The van der Waals surface area contributed by atoms with Crippen LogP contribution in [0.2, 0.25) is 0 Å². The fourth-order valence-corrected chi connectivity index (χ4v) is 2.83. The minimum Gasteiger partial charge on any atom is -0.353 e. The molecule has 19 heavy (non-hydrogen) atoms. The highest BCUT2D eigenvalue weighted by molar-refractivity contribution is 8.00. The molecule has 0 spiro atoms. The van der Waals surface area contributed by atoms with E-state index in [0.29, 0.717) is 0 Å². The van der Waals surface area contributed by atoms with E-state index in [2.05, 4.69) is 35.6 Å². The number of carbonyl (C=O) groups is 1. The third-order valence-corrected chi connectivity index (χ3v) is 3.93. The third-order valence-electron chi connectivity index (χ3n) is 2.83. The molecule has 1 atom stereocenters. The SMILES string of the molecule is CC(C)NC(=O)[C@@H](C)Sc1ccc2ccccc2c1. The lowest BCUT2D eigenvalue weighted by molar-refractivity contribution is -0.120. The number of thioether (sulfide) groups is 1. The number of hydrogen-bond acceptors (Lipinski definition) is 2. The van der Waals surface area contributed by atoms with E-state index < -0.39 is 0 Å². The van der Waals surface area contributed by atoms with E-state index in [9.17, 15) is 4.79 Å². The fraction of sp³-hybridized carbons (Fsp3) is 0.312. The summed E-state index contributed by atoms with van der Waals surface area (Å²) in [5.41, 5.74) is 0. The van der Waals surface area contributed by atoms with Crippen molar-refractivity contribution in [2.75, 3.05) is 0 Å². The van der Waals surface area contributed by atoms with Gasteiger partial charge >= 0.3 is 0 Å². The molecule has 2 aromatic rings. The van der Waals surface area contributed by atoms with Crippen LogP contribution < -0.4 is 5.32 Å². The van der Waals surface area contributed by atoms with Crippen LogP contribution in [0.3, 0.4) is 0 Å². The highest BCUT2D eigenvalue weighted by Gasteiger charge is 2.14. The smallest absolute Gasteiger partial charge is 0.233 e. The van der Waals surface area contributed by atoms with E-state index in [1.807, 2.05) is 32.9 Å². The van der Waals surface area contributed by atoms with Crippen molar-refractivity contribution in [1.82, 2.24) is 5.32 Å². The molecular formula is C16H19NOS. The first kappa shape index (κ1) is 13.9. The number of nitrogens with one attached hydrogen (secondary N) is 1. The molecule has 1 amide bonds. The average Bonchev–Trinajstić information content (AvgIpc) is 2.37. The lowest BCUT2D eigenvalue weighted by Gasteiger charge is -2.14. The highest BCUT2D eigenvalue weighted by atomic mass is 32.2. The zero-order valence-corrected chi connectivity index (χ0v) is 12.3. The summed E-state index contributed by atoms with van der Waals surface area (Å²) in [4.78, 5) is 13.0. The maximum atomic E-state index is 11.9. The van der Waals surface area contributed by atoms with Crippen LogP contribution in [0, 0.1) is 0 Å². The minimum absolute atomic E-state index is 0.0800. The molecule has 0 radical (unpaired) electrons. The maximum Gasteiger partial charge on any atom is 0.233 e. The summed E-state index contributed by atoms with van der Waals surface area (Å²) in [6.45, 7) is 5.90. The summed E-state index contributed by atoms with van der Waals surface area (Å²) in [7, 11) is 0. The van der Waals surface area contributed by atoms with Gasteiger partial charge in [0.15, 0.2) is 0 Å².